The van der Waals surface area contributed by atoms with Crippen molar-refractivity contribution in [2.45, 2.75) is 64.0 Å². The summed E-state index contributed by atoms with van der Waals surface area (Å²) < 4.78 is 18.7. The van der Waals surface area contributed by atoms with Crippen molar-refractivity contribution >= 4 is 23.7 Å². The summed E-state index contributed by atoms with van der Waals surface area (Å²) in [5, 5.41) is 14.9. The first-order valence-electron chi connectivity index (χ1n) is 13.2. The molecule has 0 spiro atoms. The lowest BCUT2D eigenvalue weighted by atomic mass is 9.84. The highest BCUT2D eigenvalue weighted by Crippen LogP contribution is 2.28. The van der Waals surface area contributed by atoms with E-state index >= 15 is 0 Å². The summed E-state index contributed by atoms with van der Waals surface area (Å²) in [5.41, 5.74) is 7.48. The van der Waals surface area contributed by atoms with E-state index in [4.69, 9.17) is 10.5 Å². The Morgan fingerprint density at radius 2 is 1.82 bits per heavy atom. The number of hydrogen-bond donors (Lipinski definition) is 4. The van der Waals surface area contributed by atoms with Gasteiger partial charge >= 0.3 is 5.97 Å². The quantitative estimate of drug-likeness (QED) is 0.240. The third kappa shape index (κ3) is 9.70. The van der Waals surface area contributed by atoms with Gasteiger partial charge in [0, 0.05) is 13.0 Å². The molecule has 1 aliphatic carbocycles. The molecule has 2 atom stereocenters. The molecule has 2 aromatic rings. The van der Waals surface area contributed by atoms with Crippen molar-refractivity contribution in [1.82, 2.24) is 10.6 Å². The Hall–Kier alpha value is -3.95. The fraction of sp³-hybridized carbons (Fsp3) is 0.448. The summed E-state index contributed by atoms with van der Waals surface area (Å²) in [6, 6.07) is 12.6. The molecule has 1 fully saturated rings. The van der Waals surface area contributed by atoms with Gasteiger partial charge < -0.3 is 20.9 Å². The molecule has 9 nitrogen and oxygen atoms in total. The average Bonchev–Trinajstić information content (AvgIpc) is 2.92. The molecule has 3 rings (SSSR count). The number of carbonyl (C=O) groups excluding carboxylic acids is 2. The van der Waals surface area contributed by atoms with Gasteiger partial charge in [-0.25, -0.2) is 9.38 Å². The first-order valence-corrected chi connectivity index (χ1v) is 13.2. The highest BCUT2D eigenvalue weighted by atomic mass is 19.1. The van der Waals surface area contributed by atoms with Crippen molar-refractivity contribution in [1.29, 1.82) is 0 Å². The second-order valence-corrected chi connectivity index (χ2v) is 9.93. The zero-order valence-corrected chi connectivity index (χ0v) is 22.2. The minimum Gasteiger partial charge on any atom is -0.494 e. The van der Waals surface area contributed by atoms with Crippen LogP contribution < -0.4 is 21.1 Å². The van der Waals surface area contributed by atoms with Gasteiger partial charge in [0.1, 0.15) is 6.04 Å². The zero-order valence-electron chi connectivity index (χ0n) is 22.2. The largest absolute Gasteiger partial charge is 0.494 e. The smallest absolute Gasteiger partial charge is 0.307 e. The SMILES string of the molecule is COc1cc(CNC(=O)[C@@H](CC2CCCCC2)N=C(N)NC(=O)CC(Cc2ccccc2)C(=O)O)ccc1F. The first kappa shape index (κ1) is 29.6. The Bertz CT molecular complexity index is 1150. The van der Waals surface area contributed by atoms with E-state index in [0.29, 0.717) is 17.9 Å². The Labute approximate surface area is 228 Å². The number of methoxy groups -OCH3 is 1. The number of nitrogens with one attached hydrogen (secondary N) is 2. The molecule has 0 bridgehead atoms. The maximum atomic E-state index is 13.7. The van der Waals surface area contributed by atoms with Crippen LogP contribution >= 0.6 is 0 Å². The normalized spacial score (nSPS) is 15.7. The lowest BCUT2D eigenvalue weighted by Gasteiger charge is -2.24. The van der Waals surface area contributed by atoms with Crippen LogP contribution in [0, 0.1) is 17.7 Å². The third-order valence-electron chi connectivity index (χ3n) is 6.93. The van der Waals surface area contributed by atoms with E-state index < -0.39 is 29.7 Å². The predicted molar refractivity (Wildman–Crippen MR) is 145 cm³/mol. The number of ether oxygens (including phenoxy) is 1. The number of carboxylic acids is 1. The van der Waals surface area contributed by atoms with Gasteiger partial charge in [-0.3, -0.25) is 19.7 Å². The number of nitrogens with zero attached hydrogens (tertiary/aromatic N) is 1. The molecule has 210 valence electrons. The molecule has 1 saturated carbocycles. The number of guanidine groups is 1. The Morgan fingerprint density at radius 1 is 1.10 bits per heavy atom. The second-order valence-electron chi connectivity index (χ2n) is 9.93. The molecular formula is C29H37FN4O5. The van der Waals surface area contributed by atoms with Crippen LogP contribution in [-0.4, -0.2) is 42.0 Å². The molecule has 2 aromatic carbocycles. The maximum absolute atomic E-state index is 13.7. The monoisotopic (exact) mass is 540 g/mol. The van der Waals surface area contributed by atoms with Crippen LogP contribution in [-0.2, 0) is 27.3 Å². The van der Waals surface area contributed by atoms with Gasteiger partial charge in [-0.1, -0.05) is 68.5 Å². The van der Waals surface area contributed by atoms with E-state index in [0.717, 1.165) is 37.7 Å². The number of rotatable bonds is 12. The summed E-state index contributed by atoms with van der Waals surface area (Å²) >= 11 is 0. The van der Waals surface area contributed by atoms with Gasteiger partial charge in [-0.2, -0.15) is 0 Å². The van der Waals surface area contributed by atoms with Crippen molar-refractivity contribution in [3.05, 3.63) is 65.5 Å². The summed E-state index contributed by atoms with van der Waals surface area (Å²) in [7, 11) is 1.37. The molecule has 2 amide bonds. The van der Waals surface area contributed by atoms with Crippen LogP contribution in [0.1, 0.15) is 56.1 Å². The van der Waals surface area contributed by atoms with Crippen molar-refractivity contribution in [3.63, 3.8) is 0 Å². The second kappa shape index (κ2) is 14.8. The van der Waals surface area contributed by atoms with E-state index in [2.05, 4.69) is 15.6 Å². The standard InChI is InChI=1S/C29H37FN4O5/c1-39-25-16-21(12-13-23(25)30)18-32-27(36)24(15-20-10-6-3-7-11-20)33-29(31)34-26(35)17-22(28(37)38)14-19-8-4-2-5-9-19/h2,4-5,8-9,12-13,16,20,22,24H,3,6-7,10-11,14-15,17-18H2,1H3,(H,32,36)(H,37,38)(H3,31,33,34,35)/t22?,24-/m1/s1. The van der Waals surface area contributed by atoms with Crippen LogP contribution in [0.2, 0.25) is 0 Å². The number of benzene rings is 2. The number of aliphatic carboxylic acids is 1. The average molecular weight is 541 g/mol. The molecule has 0 aliphatic heterocycles. The summed E-state index contributed by atoms with van der Waals surface area (Å²) in [6.07, 6.45) is 5.69. The van der Waals surface area contributed by atoms with Gasteiger partial charge in [0.15, 0.2) is 17.5 Å². The first-order chi connectivity index (χ1) is 18.7. The fourth-order valence-corrected chi connectivity index (χ4v) is 4.84. The molecule has 0 radical (unpaired) electrons. The number of nitrogens with two attached hydrogens (primary N) is 1. The zero-order chi connectivity index (χ0) is 28.2. The minimum absolute atomic E-state index is 0.0809. The van der Waals surface area contributed by atoms with Gasteiger partial charge in [0.05, 0.1) is 13.0 Å². The number of hydrogen-bond acceptors (Lipinski definition) is 5. The molecule has 0 heterocycles. The van der Waals surface area contributed by atoms with Crippen molar-refractivity contribution in [3.8, 4) is 5.75 Å². The number of aliphatic imine (C=N–C) groups is 1. The molecule has 5 N–H and O–H groups in total. The fourth-order valence-electron chi connectivity index (χ4n) is 4.84. The van der Waals surface area contributed by atoms with Crippen LogP contribution in [0.4, 0.5) is 4.39 Å². The van der Waals surface area contributed by atoms with Gasteiger partial charge in [-0.05, 0) is 42.0 Å². The van der Waals surface area contributed by atoms with Gasteiger partial charge in [0.25, 0.3) is 0 Å². The number of halogens is 1. The van der Waals surface area contributed by atoms with Crippen LogP contribution in [0.25, 0.3) is 0 Å². The maximum Gasteiger partial charge on any atom is 0.307 e. The van der Waals surface area contributed by atoms with E-state index in [1.165, 1.54) is 19.2 Å². The lowest BCUT2D eigenvalue weighted by molar-refractivity contribution is -0.143. The number of amides is 2. The number of carboxylic acid groups (broad SMARTS) is 1. The van der Waals surface area contributed by atoms with Crippen molar-refractivity contribution in [2.75, 3.05) is 7.11 Å². The molecule has 0 aromatic heterocycles. The summed E-state index contributed by atoms with van der Waals surface area (Å²) in [6.45, 7) is 0.137. The molecule has 1 unspecified atom stereocenters. The highest BCUT2D eigenvalue weighted by molar-refractivity contribution is 5.98. The van der Waals surface area contributed by atoms with E-state index in [9.17, 15) is 23.9 Å². The Morgan fingerprint density at radius 3 is 2.49 bits per heavy atom. The van der Waals surface area contributed by atoms with Crippen LogP contribution in [0.15, 0.2) is 53.5 Å². The van der Waals surface area contributed by atoms with Crippen LogP contribution in [0.3, 0.4) is 0 Å². The highest BCUT2D eigenvalue weighted by Gasteiger charge is 2.26. The van der Waals surface area contributed by atoms with Crippen LogP contribution in [0.5, 0.6) is 5.75 Å². The van der Waals surface area contributed by atoms with Gasteiger partial charge in [0.2, 0.25) is 11.8 Å². The third-order valence-corrected chi connectivity index (χ3v) is 6.93. The molecule has 10 heteroatoms. The number of carbonyl (C=O) groups is 3. The topological polar surface area (TPSA) is 143 Å². The van der Waals surface area contributed by atoms with E-state index in [1.54, 1.807) is 18.2 Å². The minimum atomic E-state index is -1.09. The Kier molecular flexibility index (Phi) is 11.3. The molecule has 0 saturated heterocycles. The molecule has 39 heavy (non-hydrogen) atoms. The summed E-state index contributed by atoms with van der Waals surface area (Å²) in [5.74, 6) is -3.32. The van der Waals surface area contributed by atoms with E-state index in [1.807, 2.05) is 18.2 Å². The van der Waals surface area contributed by atoms with Crippen molar-refractivity contribution in [2.24, 2.45) is 22.6 Å². The predicted octanol–water partition coefficient (Wildman–Crippen LogP) is 3.55. The lowest BCUT2D eigenvalue weighted by Crippen LogP contribution is -2.42. The van der Waals surface area contributed by atoms with E-state index in [-0.39, 0.29) is 37.0 Å². The molecular weight excluding hydrogens is 503 g/mol. The molecule has 1 aliphatic rings. The van der Waals surface area contributed by atoms with Gasteiger partial charge in [-0.15, -0.1) is 0 Å². The Balaban J connectivity index is 1.65. The summed E-state index contributed by atoms with van der Waals surface area (Å²) in [4.78, 5) is 41.8. The van der Waals surface area contributed by atoms with Crippen molar-refractivity contribution < 1.29 is 28.6 Å².